The van der Waals surface area contributed by atoms with Crippen LogP contribution in [0.5, 0.6) is 11.5 Å². The van der Waals surface area contributed by atoms with Crippen molar-refractivity contribution in [2.24, 2.45) is 5.41 Å². The van der Waals surface area contributed by atoms with Crippen molar-refractivity contribution < 1.29 is 19.4 Å². The molecule has 1 N–H and O–H groups in total. The van der Waals surface area contributed by atoms with Crippen molar-refractivity contribution in [1.29, 1.82) is 0 Å². The van der Waals surface area contributed by atoms with E-state index in [-0.39, 0.29) is 16.7 Å². The number of nitrogens with zero attached hydrogens (tertiary/aromatic N) is 1. The number of aromatic hydroxyl groups is 1. The van der Waals surface area contributed by atoms with Crippen molar-refractivity contribution in [3.63, 3.8) is 0 Å². The Labute approximate surface area is 177 Å². The molecule has 3 rings (SSSR count). The number of benzene rings is 2. The first-order chi connectivity index (χ1) is 14.0. The lowest BCUT2D eigenvalue weighted by atomic mass is 9.73. The molecule has 29 heavy (non-hydrogen) atoms. The first kappa shape index (κ1) is 21.5. The van der Waals surface area contributed by atoms with Crippen LogP contribution in [0.25, 0.3) is 0 Å². The van der Waals surface area contributed by atoms with Gasteiger partial charge in [-0.25, -0.2) is 0 Å². The number of hydrogen-bond acceptors (Lipinski definition) is 5. The lowest BCUT2D eigenvalue weighted by molar-refractivity contribution is -0.158. The molecule has 6 heteroatoms. The van der Waals surface area contributed by atoms with Gasteiger partial charge in [-0.2, -0.15) is 0 Å². The Morgan fingerprint density at radius 3 is 2.48 bits per heavy atom. The van der Waals surface area contributed by atoms with Crippen LogP contribution in [0, 0.1) is 5.41 Å². The van der Waals surface area contributed by atoms with E-state index >= 15 is 0 Å². The third-order valence-electron chi connectivity index (χ3n) is 5.62. The number of ether oxygens (including phenoxy) is 2. The first-order valence-electron chi connectivity index (χ1n) is 9.96. The third kappa shape index (κ3) is 5.03. The van der Waals surface area contributed by atoms with Crippen LogP contribution >= 0.6 is 11.6 Å². The summed E-state index contributed by atoms with van der Waals surface area (Å²) in [5, 5.41) is 10.2. The van der Waals surface area contributed by atoms with Crippen LogP contribution in [0.2, 0.25) is 5.02 Å². The number of likely N-dealkylation sites (tertiary alicyclic amines) is 1. The second kappa shape index (κ2) is 9.51. The highest BCUT2D eigenvalue weighted by Crippen LogP contribution is 2.38. The molecule has 0 aromatic heterocycles. The van der Waals surface area contributed by atoms with Gasteiger partial charge >= 0.3 is 5.97 Å². The largest absolute Gasteiger partial charge is 0.503 e. The lowest BCUT2D eigenvalue weighted by Crippen LogP contribution is -2.46. The number of phenolic OH excluding ortho intramolecular Hbond substituents is 1. The van der Waals surface area contributed by atoms with E-state index in [1.807, 2.05) is 25.1 Å². The van der Waals surface area contributed by atoms with Crippen molar-refractivity contribution >= 4 is 17.6 Å². The van der Waals surface area contributed by atoms with E-state index in [1.165, 1.54) is 7.11 Å². The Morgan fingerprint density at radius 2 is 1.86 bits per heavy atom. The van der Waals surface area contributed by atoms with Crippen LogP contribution in [0.3, 0.4) is 0 Å². The molecule has 0 bridgehead atoms. The average molecular weight is 418 g/mol. The maximum atomic E-state index is 12.9. The highest BCUT2D eigenvalue weighted by Gasteiger charge is 2.42. The summed E-state index contributed by atoms with van der Waals surface area (Å²) in [5.41, 5.74) is 1.64. The van der Waals surface area contributed by atoms with Gasteiger partial charge in [0.15, 0.2) is 11.5 Å². The van der Waals surface area contributed by atoms with Crippen molar-refractivity contribution in [3.05, 3.63) is 58.6 Å². The third-order valence-corrected chi connectivity index (χ3v) is 5.91. The Kier molecular flexibility index (Phi) is 7.04. The molecule has 0 atom stereocenters. The molecule has 1 aliphatic heterocycles. The second-order valence-electron chi connectivity index (χ2n) is 7.57. The Bertz CT molecular complexity index is 832. The fraction of sp³-hybridized carbons (Fsp3) is 0.435. The summed E-state index contributed by atoms with van der Waals surface area (Å²) in [5.74, 6) is 0.230. The van der Waals surface area contributed by atoms with E-state index < -0.39 is 5.41 Å². The van der Waals surface area contributed by atoms with E-state index in [0.29, 0.717) is 25.3 Å². The second-order valence-corrected chi connectivity index (χ2v) is 7.98. The maximum absolute atomic E-state index is 12.9. The zero-order chi connectivity index (χ0) is 20.9. The molecule has 156 valence electrons. The van der Waals surface area contributed by atoms with Gasteiger partial charge in [-0.05, 0) is 62.5 Å². The van der Waals surface area contributed by atoms with Gasteiger partial charge in [0.25, 0.3) is 0 Å². The molecule has 1 aliphatic rings. The van der Waals surface area contributed by atoms with Gasteiger partial charge in [0.05, 0.1) is 24.2 Å². The summed E-state index contributed by atoms with van der Waals surface area (Å²) >= 11 is 6.12. The lowest BCUT2D eigenvalue weighted by Gasteiger charge is -2.40. The number of halogens is 1. The quantitative estimate of drug-likeness (QED) is 0.675. The number of carbonyl (C=O) groups excluding carboxylic acids is 1. The smallest absolute Gasteiger partial charge is 0.312 e. The van der Waals surface area contributed by atoms with Crippen molar-refractivity contribution in [3.8, 4) is 11.5 Å². The zero-order valence-corrected chi connectivity index (χ0v) is 17.7. The number of carbonyl (C=O) groups is 1. The average Bonchev–Trinajstić information content (AvgIpc) is 2.73. The molecule has 0 spiro atoms. The van der Waals surface area contributed by atoms with Gasteiger partial charge in [-0.15, -0.1) is 0 Å². The zero-order valence-electron chi connectivity index (χ0n) is 17.0. The minimum Gasteiger partial charge on any atom is -0.503 e. The monoisotopic (exact) mass is 417 g/mol. The van der Waals surface area contributed by atoms with Gasteiger partial charge in [-0.3, -0.25) is 9.69 Å². The molecule has 5 nitrogen and oxygen atoms in total. The molecule has 0 amide bonds. The van der Waals surface area contributed by atoms with Crippen LogP contribution in [-0.2, 0) is 22.5 Å². The topological polar surface area (TPSA) is 59.0 Å². The van der Waals surface area contributed by atoms with Crippen LogP contribution < -0.4 is 4.74 Å². The van der Waals surface area contributed by atoms with Crippen molar-refractivity contribution in [1.82, 2.24) is 4.90 Å². The Balaban J connectivity index is 1.71. The maximum Gasteiger partial charge on any atom is 0.312 e. The van der Waals surface area contributed by atoms with Crippen molar-refractivity contribution in [2.75, 3.05) is 26.8 Å². The summed E-state index contributed by atoms with van der Waals surface area (Å²) < 4.78 is 10.6. The number of hydrogen-bond donors (Lipinski definition) is 1. The molecule has 2 aromatic rings. The molecule has 1 fully saturated rings. The molecule has 0 aliphatic carbocycles. The van der Waals surface area contributed by atoms with Gasteiger partial charge in [-0.1, -0.05) is 41.9 Å². The molecule has 1 heterocycles. The molecule has 0 radical (unpaired) electrons. The van der Waals surface area contributed by atoms with Crippen LogP contribution in [0.4, 0.5) is 0 Å². The summed E-state index contributed by atoms with van der Waals surface area (Å²) in [6, 6.07) is 13.7. The fourth-order valence-electron chi connectivity index (χ4n) is 4.00. The summed E-state index contributed by atoms with van der Waals surface area (Å²) in [6.07, 6.45) is 2.17. The minimum atomic E-state index is -0.488. The molecule has 0 unspecified atom stereocenters. The summed E-state index contributed by atoms with van der Waals surface area (Å²) in [7, 11) is 1.51. The highest BCUT2D eigenvalue weighted by atomic mass is 35.5. The SMILES string of the molecule is CCOC(=O)C1(Cc2ccccc2)CCN(Cc2cc(Cl)c(O)c(OC)c2)CC1. The number of piperidine rings is 1. The predicted molar refractivity (Wildman–Crippen MR) is 113 cm³/mol. The van der Waals surface area contributed by atoms with E-state index in [0.717, 1.165) is 37.1 Å². The van der Waals surface area contributed by atoms with Crippen LogP contribution in [0.1, 0.15) is 30.9 Å². The molecule has 0 saturated carbocycles. The van der Waals surface area contributed by atoms with Gasteiger partial charge in [0.2, 0.25) is 0 Å². The number of phenols is 1. The first-order valence-corrected chi connectivity index (χ1v) is 10.3. The molecule has 2 aromatic carbocycles. The van der Waals surface area contributed by atoms with Crippen LogP contribution in [-0.4, -0.2) is 42.8 Å². The minimum absolute atomic E-state index is 0.0410. The summed E-state index contributed by atoms with van der Waals surface area (Å²) in [6.45, 7) is 4.50. The molecule has 1 saturated heterocycles. The predicted octanol–water partition coefficient (Wildman–Crippen LogP) is 4.44. The van der Waals surface area contributed by atoms with Crippen LogP contribution in [0.15, 0.2) is 42.5 Å². The van der Waals surface area contributed by atoms with E-state index in [9.17, 15) is 9.90 Å². The highest BCUT2D eigenvalue weighted by molar-refractivity contribution is 6.32. The number of esters is 1. The number of methoxy groups -OCH3 is 1. The van der Waals surface area contributed by atoms with Gasteiger partial charge in [0, 0.05) is 6.54 Å². The normalized spacial score (nSPS) is 16.4. The van der Waals surface area contributed by atoms with Crippen molar-refractivity contribution in [2.45, 2.75) is 32.7 Å². The molecular formula is C23H28ClNO4. The van der Waals surface area contributed by atoms with Gasteiger partial charge in [0.1, 0.15) is 0 Å². The summed E-state index contributed by atoms with van der Waals surface area (Å²) in [4.78, 5) is 15.1. The van der Waals surface area contributed by atoms with E-state index in [2.05, 4.69) is 17.0 Å². The molecular weight excluding hydrogens is 390 g/mol. The van der Waals surface area contributed by atoms with E-state index in [1.54, 1.807) is 12.1 Å². The van der Waals surface area contributed by atoms with E-state index in [4.69, 9.17) is 21.1 Å². The Hall–Kier alpha value is -2.24. The Morgan fingerprint density at radius 1 is 1.17 bits per heavy atom. The number of rotatable bonds is 7. The van der Waals surface area contributed by atoms with Gasteiger partial charge < -0.3 is 14.6 Å². The standard InChI is InChI=1S/C23H28ClNO4/c1-3-29-22(27)23(15-17-7-5-4-6-8-17)9-11-25(12-10-23)16-18-13-19(24)21(26)20(14-18)28-2/h4-8,13-14,26H,3,9-12,15-16H2,1-2H3. The fourth-order valence-corrected chi connectivity index (χ4v) is 4.23.